The van der Waals surface area contributed by atoms with E-state index in [9.17, 15) is 0 Å². The van der Waals surface area contributed by atoms with E-state index in [-0.39, 0.29) is 0 Å². The van der Waals surface area contributed by atoms with Gasteiger partial charge in [0.05, 0.1) is 6.54 Å². The van der Waals surface area contributed by atoms with Crippen molar-refractivity contribution in [3.05, 3.63) is 77.3 Å². The first-order valence-corrected chi connectivity index (χ1v) is 9.13. The molecule has 1 saturated heterocycles. The zero-order valence-corrected chi connectivity index (χ0v) is 14.9. The van der Waals surface area contributed by atoms with E-state index in [1.54, 1.807) is 0 Å². The Balaban J connectivity index is 1.40. The first-order chi connectivity index (χ1) is 12.3. The van der Waals surface area contributed by atoms with Crippen molar-refractivity contribution in [1.29, 1.82) is 0 Å². The van der Waals surface area contributed by atoms with Gasteiger partial charge >= 0.3 is 0 Å². The molecule has 4 rings (SSSR count). The second-order valence-corrected chi connectivity index (χ2v) is 6.89. The van der Waals surface area contributed by atoms with Crippen LogP contribution in [-0.2, 0) is 0 Å². The van der Waals surface area contributed by atoms with E-state index < -0.39 is 0 Å². The van der Waals surface area contributed by atoms with Gasteiger partial charge in [-0.15, -0.1) is 0 Å². The summed E-state index contributed by atoms with van der Waals surface area (Å²) >= 11 is 6.00. The lowest BCUT2D eigenvalue weighted by molar-refractivity contribution is 0.653. The highest BCUT2D eigenvalue weighted by Crippen LogP contribution is 2.23. The molecule has 128 valence electrons. The molecule has 0 radical (unpaired) electrons. The quantitative estimate of drug-likeness (QED) is 0.898. The predicted molar refractivity (Wildman–Crippen MR) is 107 cm³/mol. The number of rotatable bonds is 3. The summed E-state index contributed by atoms with van der Waals surface area (Å²) < 4.78 is 0. The summed E-state index contributed by atoms with van der Waals surface area (Å²) in [7, 11) is 0. The van der Waals surface area contributed by atoms with Gasteiger partial charge in [0.2, 0.25) is 0 Å². The number of nitrogens with one attached hydrogen (secondary N) is 1. The number of dihydropyridines is 1. The molecule has 2 aliphatic heterocycles. The summed E-state index contributed by atoms with van der Waals surface area (Å²) in [6, 6.07) is 19.5. The number of anilines is 2. The summed E-state index contributed by atoms with van der Waals surface area (Å²) in [4.78, 5) is 4.92. The van der Waals surface area contributed by atoms with Crippen LogP contribution in [0.25, 0.3) is 5.70 Å². The van der Waals surface area contributed by atoms with Gasteiger partial charge in [-0.25, -0.2) is 0 Å². The number of hydrogen-bond donors (Lipinski definition) is 1. The van der Waals surface area contributed by atoms with Gasteiger partial charge in [0, 0.05) is 48.3 Å². The molecule has 0 atom stereocenters. The van der Waals surface area contributed by atoms with Crippen LogP contribution in [0.5, 0.6) is 0 Å². The average Bonchev–Trinajstić information content (AvgIpc) is 2.70. The van der Waals surface area contributed by atoms with Gasteiger partial charge in [-0.3, -0.25) is 0 Å². The van der Waals surface area contributed by atoms with Crippen molar-refractivity contribution in [3.8, 4) is 0 Å². The smallest absolute Gasteiger partial charge is 0.0508 e. The third-order valence-electron chi connectivity index (χ3n) is 4.82. The van der Waals surface area contributed by atoms with Crippen molar-refractivity contribution in [1.82, 2.24) is 5.32 Å². The maximum atomic E-state index is 6.00. The van der Waals surface area contributed by atoms with Gasteiger partial charge in [0.1, 0.15) is 0 Å². The van der Waals surface area contributed by atoms with Crippen LogP contribution in [0.15, 0.2) is 71.8 Å². The molecule has 3 nitrogen and oxygen atoms in total. The Morgan fingerprint density at radius 3 is 1.88 bits per heavy atom. The van der Waals surface area contributed by atoms with Crippen LogP contribution in [-0.4, -0.2) is 32.7 Å². The topological polar surface area (TPSA) is 18.5 Å². The molecule has 2 aromatic carbocycles. The van der Waals surface area contributed by atoms with Crippen molar-refractivity contribution in [2.45, 2.75) is 0 Å². The minimum Gasteiger partial charge on any atom is -0.380 e. The van der Waals surface area contributed by atoms with Crippen molar-refractivity contribution in [2.75, 3.05) is 42.5 Å². The van der Waals surface area contributed by atoms with Crippen LogP contribution in [0.4, 0.5) is 11.4 Å². The molecule has 0 spiro atoms. The molecule has 0 aliphatic carbocycles. The lowest BCUT2D eigenvalue weighted by Crippen LogP contribution is -2.46. The van der Waals surface area contributed by atoms with Crippen molar-refractivity contribution in [2.24, 2.45) is 0 Å². The van der Waals surface area contributed by atoms with Gasteiger partial charge < -0.3 is 15.1 Å². The zero-order chi connectivity index (χ0) is 17.1. The molecular weight excluding hydrogens is 330 g/mol. The summed E-state index contributed by atoms with van der Waals surface area (Å²) in [5.74, 6) is 0. The van der Waals surface area contributed by atoms with Gasteiger partial charge in [-0.1, -0.05) is 41.9 Å². The summed E-state index contributed by atoms with van der Waals surface area (Å²) in [6.45, 7) is 4.92. The number of hydrogen-bond acceptors (Lipinski definition) is 3. The van der Waals surface area contributed by atoms with Crippen LogP contribution < -0.4 is 15.1 Å². The largest absolute Gasteiger partial charge is 0.380 e. The predicted octanol–water partition coefficient (Wildman–Crippen LogP) is 4.08. The van der Waals surface area contributed by atoms with E-state index in [0.717, 1.165) is 36.9 Å². The molecule has 0 unspecified atom stereocenters. The number of halogens is 1. The Kier molecular flexibility index (Phi) is 4.66. The zero-order valence-electron chi connectivity index (χ0n) is 14.2. The van der Waals surface area contributed by atoms with Crippen LogP contribution in [0, 0.1) is 0 Å². The highest BCUT2D eigenvalue weighted by atomic mass is 35.5. The monoisotopic (exact) mass is 351 g/mol. The van der Waals surface area contributed by atoms with Crippen molar-refractivity contribution in [3.63, 3.8) is 0 Å². The van der Waals surface area contributed by atoms with Crippen molar-refractivity contribution < 1.29 is 0 Å². The summed E-state index contributed by atoms with van der Waals surface area (Å²) in [5, 5.41) is 4.19. The molecule has 0 bridgehead atoms. The average molecular weight is 352 g/mol. The van der Waals surface area contributed by atoms with Gasteiger partial charge in [-0.2, -0.15) is 0 Å². The third-order valence-corrected chi connectivity index (χ3v) is 5.08. The van der Waals surface area contributed by atoms with Crippen LogP contribution >= 0.6 is 11.6 Å². The van der Waals surface area contributed by atoms with E-state index in [2.05, 4.69) is 69.7 Å². The first-order valence-electron chi connectivity index (χ1n) is 8.75. The Hall–Kier alpha value is -2.39. The number of para-hydroxylation sites is 1. The molecule has 1 N–H and O–H groups in total. The maximum Gasteiger partial charge on any atom is 0.0508 e. The Labute approximate surface area is 154 Å². The van der Waals surface area contributed by atoms with Gasteiger partial charge in [-0.05, 0) is 42.0 Å². The van der Waals surface area contributed by atoms with Crippen LogP contribution in [0.2, 0.25) is 0 Å². The number of benzene rings is 2. The minimum atomic E-state index is 0.705. The van der Waals surface area contributed by atoms with Crippen LogP contribution in [0.3, 0.4) is 0 Å². The fraction of sp³-hybridized carbons (Fsp3) is 0.238. The molecule has 0 aromatic heterocycles. The normalized spacial score (nSPS) is 17.6. The third kappa shape index (κ3) is 3.67. The lowest BCUT2D eigenvalue weighted by atomic mass is 10.1. The molecule has 4 heteroatoms. The Morgan fingerprint density at radius 2 is 1.32 bits per heavy atom. The van der Waals surface area contributed by atoms with Crippen LogP contribution in [0.1, 0.15) is 5.56 Å². The second kappa shape index (κ2) is 7.24. The Morgan fingerprint density at radius 1 is 0.720 bits per heavy atom. The Bertz CT molecular complexity index is 773. The standard InChI is InChI=1S/C21H22ClN3/c22-18-8-11-21(23-16-18)17-6-9-20(10-7-17)25-14-12-24(13-15-25)19-4-2-1-3-5-19/h1-11,23H,12-16H2. The number of nitrogens with zero attached hydrogens (tertiary/aromatic N) is 2. The fourth-order valence-corrected chi connectivity index (χ4v) is 3.51. The molecule has 25 heavy (non-hydrogen) atoms. The summed E-state index contributed by atoms with van der Waals surface area (Å²) in [5.41, 5.74) is 4.94. The van der Waals surface area contributed by atoms with Crippen molar-refractivity contribution >= 4 is 28.7 Å². The number of piperazine rings is 1. The lowest BCUT2D eigenvalue weighted by Gasteiger charge is -2.37. The summed E-state index contributed by atoms with van der Waals surface area (Å²) in [6.07, 6.45) is 4.00. The van der Waals surface area contributed by atoms with Gasteiger partial charge in [0.25, 0.3) is 0 Å². The van der Waals surface area contributed by atoms with Gasteiger partial charge in [0.15, 0.2) is 0 Å². The molecule has 0 amide bonds. The van der Waals surface area contributed by atoms with E-state index in [1.165, 1.54) is 16.9 Å². The second-order valence-electron chi connectivity index (χ2n) is 6.40. The van der Waals surface area contributed by atoms with E-state index in [1.807, 2.05) is 12.2 Å². The SMILES string of the molecule is ClC1=CC=C(c2ccc(N3CCN(c4ccccc4)CC3)cc2)NC1. The minimum absolute atomic E-state index is 0.705. The molecule has 2 aliphatic rings. The molecular formula is C21H22ClN3. The molecule has 2 aromatic rings. The molecule has 0 saturated carbocycles. The van der Waals surface area contributed by atoms with E-state index in [0.29, 0.717) is 6.54 Å². The highest BCUT2D eigenvalue weighted by Gasteiger charge is 2.17. The van der Waals surface area contributed by atoms with E-state index >= 15 is 0 Å². The highest BCUT2D eigenvalue weighted by molar-refractivity contribution is 6.30. The molecule has 1 fully saturated rings. The number of allylic oxidation sites excluding steroid dienone is 2. The van der Waals surface area contributed by atoms with E-state index in [4.69, 9.17) is 11.6 Å². The maximum absolute atomic E-state index is 6.00. The molecule has 2 heterocycles. The first kappa shape index (κ1) is 16.1. The fourth-order valence-electron chi connectivity index (χ4n) is 3.38.